The van der Waals surface area contributed by atoms with Gasteiger partial charge in [-0.15, -0.1) is 0 Å². The molecule has 0 aromatic carbocycles. The van der Waals surface area contributed by atoms with E-state index >= 15 is 0 Å². The summed E-state index contributed by atoms with van der Waals surface area (Å²) in [5, 5.41) is 10.6. The highest BCUT2D eigenvalue weighted by Gasteiger charge is 2.30. The smallest absolute Gasteiger partial charge is 0.462 e. The molecule has 0 aromatic rings. The van der Waals surface area contributed by atoms with Crippen LogP contribution < -0.4 is 0 Å². The number of phosphoric ester groups is 2. The maximum absolute atomic E-state index is 13.1. The third-order valence-electron chi connectivity index (χ3n) is 19.7. The molecule has 6 atom stereocenters. The van der Waals surface area contributed by atoms with Crippen molar-refractivity contribution in [1.29, 1.82) is 0 Å². The summed E-state index contributed by atoms with van der Waals surface area (Å²) in [6, 6.07) is 0. The van der Waals surface area contributed by atoms with E-state index in [9.17, 15) is 43.2 Å². The lowest BCUT2D eigenvalue weighted by molar-refractivity contribution is -0.161. The molecule has 0 amide bonds. The standard InChI is InChI=1S/C83H162O17P2/c1-8-10-11-12-40-50-57-64-80(85)93-70-78(99-83(88)67-60-53-46-39-33-35-42-48-55-62-75(5)6)72-97-101(89,90)95-68-77(84)69-96-102(91,92)98-73-79(71-94-81(86)65-58-51-44-37-31-27-23-19-15-13-17-21-25-29-34-41-47-54-61-74(3)4)100-82(87)66-59-52-45-38-32-28-24-20-16-14-18-22-26-30-36-43-49-56-63-76(7)9-2/h74-79,84H,8-73H2,1-7H3,(H,89,90)(H,91,92)/t76?,77-,78+,79+/m0/s1. The molecule has 0 saturated carbocycles. The van der Waals surface area contributed by atoms with Crippen LogP contribution in [-0.2, 0) is 65.4 Å². The Morgan fingerprint density at radius 1 is 0.284 bits per heavy atom. The number of unbranched alkanes of at least 4 members (excludes halogenated alkanes) is 48. The largest absolute Gasteiger partial charge is 0.472 e. The number of esters is 4. The lowest BCUT2D eigenvalue weighted by Crippen LogP contribution is -2.30. The summed E-state index contributed by atoms with van der Waals surface area (Å²) in [5.74, 6) is 0.316. The van der Waals surface area contributed by atoms with Gasteiger partial charge in [0.25, 0.3) is 0 Å². The molecule has 19 heteroatoms. The lowest BCUT2D eigenvalue weighted by Gasteiger charge is -2.21. The molecule has 17 nitrogen and oxygen atoms in total. The summed E-state index contributed by atoms with van der Waals surface area (Å²) in [7, 11) is -9.92. The number of hydrogen-bond acceptors (Lipinski definition) is 15. The predicted molar refractivity (Wildman–Crippen MR) is 418 cm³/mol. The molecule has 0 radical (unpaired) electrons. The van der Waals surface area contributed by atoms with Gasteiger partial charge in [0, 0.05) is 25.7 Å². The lowest BCUT2D eigenvalue weighted by atomic mass is 9.99. The van der Waals surface area contributed by atoms with Crippen molar-refractivity contribution >= 4 is 39.5 Å². The molecule has 0 saturated heterocycles. The summed E-state index contributed by atoms with van der Waals surface area (Å²) in [5.41, 5.74) is 0. The molecular weight excluding hydrogens is 1330 g/mol. The van der Waals surface area contributed by atoms with E-state index in [0.29, 0.717) is 25.7 Å². The number of aliphatic hydroxyl groups is 1. The third-order valence-corrected chi connectivity index (χ3v) is 21.6. The minimum absolute atomic E-state index is 0.105. The minimum atomic E-state index is -4.96. The number of rotatable bonds is 81. The van der Waals surface area contributed by atoms with Crippen molar-refractivity contribution in [1.82, 2.24) is 0 Å². The van der Waals surface area contributed by atoms with Gasteiger partial charge in [-0.3, -0.25) is 37.3 Å². The van der Waals surface area contributed by atoms with Crippen LogP contribution in [0.4, 0.5) is 0 Å². The summed E-state index contributed by atoms with van der Waals surface area (Å²) >= 11 is 0. The molecule has 3 N–H and O–H groups in total. The maximum atomic E-state index is 13.1. The van der Waals surface area contributed by atoms with Crippen LogP contribution in [0.15, 0.2) is 0 Å². The fourth-order valence-corrected chi connectivity index (χ4v) is 14.4. The van der Waals surface area contributed by atoms with Gasteiger partial charge in [0.15, 0.2) is 12.2 Å². The second kappa shape index (κ2) is 73.2. The molecule has 0 heterocycles. The number of aliphatic hydroxyl groups excluding tert-OH is 1. The van der Waals surface area contributed by atoms with Gasteiger partial charge in [-0.1, -0.05) is 382 Å². The van der Waals surface area contributed by atoms with Crippen molar-refractivity contribution in [3.05, 3.63) is 0 Å². The first-order chi connectivity index (χ1) is 49.3. The minimum Gasteiger partial charge on any atom is -0.462 e. The highest BCUT2D eigenvalue weighted by Crippen LogP contribution is 2.45. The third kappa shape index (κ3) is 74.9. The quantitative estimate of drug-likeness (QED) is 0.0222. The molecule has 0 fully saturated rings. The molecular formula is C83H162O17P2. The zero-order valence-electron chi connectivity index (χ0n) is 67.1. The Labute approximate surface area is 626 Å². The summed E-state index contributed by atoms with van der Waals surface area (Å²) in [6.07, 6.45) is 62.8. The normalized spacial score (nSPS) is 14.2. The van der Waals surface area contributed by atoms with Gasteiger partial charge >= 0.3 is 39.5 Å². The molecule has 0 rings (SSSR count). The zero-order chi connectivity index (χ0) is 75.1. The number of carbonyl (C=O) groups excluding carboxylic acids is 4. The Balaban J connectivity index is 5.15. The summed E-state index contributed by atoms with van der Waals surface area (Å²) in [4.78, 5) is 72.9. The van der Waals surface area contributed by atoms with Crippen LogP contribution in [0.2, 0.25) is 0 Å². The molecule has 606 valence electrons. The van der Waals surface area contributed by atoms with Gasteiger partial charge in [-0.05, 0) is 43.4 Å². The van der Waals surface area contributed by atoms with E-state index in [2.05, 4.69) is 48.5 Å². The van der Waals surface area contributed by atoms with Gasteiger partial charge in [0.05, 0.1) is 26.4 Å². The highest BCUT2D eigenvalue weighted by atomic mass is 31.2. The Morgan fingerprint density at radius 2 is 0.500 bits per heavy atom. The molecule has 0 spiro atoms. The van der Waals surface area contributed by atoms with Crippen LogP contribution in [0.1, 0.15) is 434 Å². The van der Waals surface area contributed by atoms with Gasteiger partial charge in [0.1, 0.15) is 19.3 Å². The van der Waals surface area contributed by atoms with Crippen LogP contribution >= 0.6 is 15.6 Å². The zero-order valence-corrected chi connectivity index (χ0v) is 68.9. The average Bonchev–Trinajstić information content (AvgIpc) is 0.911. The Kier molecular flexibility index (Phi) is 71.8. The van der Waals surface area contributed by atoms with Gasteiger partial charge in [-0.25, -0.2) is 9.13 Å². The van der Waals surface area contributed by atoms with Gasteiger partial charge < -0.3 is 33.8 Å². The fraction of sp³-hybridized carbons (Fsp3) is 0.952. The van der Waals surface area contributed by atoms with Crippen LogP contribution in [0.3, 0.4) is 0 Å². The number of phosphoric acid groups is 2. The summed E-state index contributed by atoms with van der Waals surface area (Å²) in [6.45, 7) is 12.0. The van der Waals surface area contributed by atoms with Crippen molar-refractivity contribution in [2.45, 2.75) is 452 Å². The van der Waals surface area contributed by atoms with Gasteiger partial charge in [0.2, 0.25) is 0 Å². The van der Waals surface area contributed by atoms with Crippen molar-refractivity contribution in [3.63, 3.8) is 0 Å². The van der Waals surface area contributed by atoms with Gasteiger partial charge in [-0.2, -0.15) is 0 Å². The molecule has 0 bridgehead atoms. The number of hydrogen-bond donors (Lipinski definition) is 3. The molecule has 0 aromatic heterocycles. The first-order valence-electron chi connectivity index (χ1n) is 42.9. The molecule has 0 aliphatic rings. The SMILES string of the molecule is CCCCCCCCCC(=O)OC[C@H](COP(=O)(O)OC[C@H](O)COP(=O)(O)OC[C@@H](COC(=O)CCCCCCCCCCCCCCCCCCCCC(C)C)OC(=O)CCCCCCCCCCCCCCCCCCCCC(C)CC)OC(=O)CCCCCCCCCCCC(C)C. The van der Waals surface area contributed by atoms with E-state index in [1.165, 1.54) is 231 Å². The Morgan fingerprint density at radius 3 is 0.745 bits per heavy atom. The van der Waals surface area contributed by atoms with Crippen molar-refractivity contribution in [2.75, 3.05) is 39.6 Å². The van der Waals surface area contributed by atoms with Crippen LogP contribution in [0, 0.1) is 17.8 Å². The predicted octanol–water partition coefficient (Wildman–Crippen LogP) is 24.9. The first-order valence-corrected chi connectivity index (χ1v) is 45.9. The van der Waals surface area contributed by atoms with Crippen LogP contribution in [-0.4, -0.2) is 96.7 Å². The number of carbonyl (C=O) groups is 4. The average molecular weight is 1490 g/mol. The van der Waals surface area contributed by atoms with Crippen LogP contribution in [0.25, 0.3) is 0 Å². The van der Waals surface area contributed by atoms with Crippen molar-refractivity contribution in [3.8, 4) is 0 Å². The molecule has 0 aliphatic carbocycles. The monoisotopic (exact) mass is 1490 g/mol. The van der Waals surface area contributed by atoms with Crippen molar-refractivity contribution < 1.29 is 80.2 Å². The van der Waals surface area contributed by atoms with E-state index in [0.717, 1.165) is 120 Å². The highest BCUT2D eigenvalue weighted by molar-refractivity contribution is 7.47. The van der Waals surface area contributed by atoms with E-state index in [1.807, 2.05) is 0 Å². The van der Waals surface area contributed by atoms with Crippen LogP contribution in [0.5, 0.6) is 0 Å². The molecule has 3 unspecified atom stereocenters. The fourth-order valence-electron chi connectivity index (χ4n) is 12.8. The van der Waals surface area contributed by atoms with E-state index in [4.69, 9.17) is 37.0 Å². The summed E-state index contributed by atoms with van der Waals surface area (Å²) < 4.78 is 68.6. The maximum Gasteiger partial charge on any atom is 0.472 e. The number of ether oxygens (including phenoxy) is 4. The van der Waals surface area contributed by atoms with Crippen molar-refractivity contribution in [2.24, 2.45) is 17.8 Å². The molecule has 0 aliphatic heterocycles. The van der Waals surface area contributed by atoms with E-state index in [1.54, 1.807) is 0 Å². The van der Waals surface area contributed by atoms with E-state index in [-0.39, 0.29) is 25.7 Å². The topological polar surface area (TPSA) is 237 Å². The Hall–Kier alpha value is -1.94. The second-order valence-electron chi connectivity index (χ2n) is 31.1. The molecule has 102 heavy (non-hydrogen) atoms. The first kappa shape index (κ1) is 100. The second-order valence-corrected chi connectivity index (χ2v) is 34.0. The Bertz CT molecular complexity index is 1980. The van der Waals surface area contributed by atoms with E-state index < -0.39 is 97.5 Å².